The minimum absolute atomic E-state index is 0.0549. The van der Waals surface area contributed by atoms with E-state index in [4.69, 9.17) is 4.98 Å². The molecule has 2 aromatic rings. The Kier molecular flexibility index (Phi) is 3.46. The maximum absolute atomic E-state index is 12.7. The van der Waals surface area contributed by atoms with Crippen molar-refractivity contribution in [2.24, 2.45) is 5.10 Å². The number of nitrogens with zero attached hydrogens (tertiary/aromatic N) is 5. The normalized spacial score (nSPS) is 29.3. The van der Waals surface area contributed by atoms with Gasteiger partial charge in [0.15, 0.2) is 5.82 Å². The Morgan fingerprint density at radius 1 is 1.42 bits per heavy atom. The van der Waals surface area contributed by atoms with Crippen molar-refractivity contribution in [3.05, 3.63) is 28.6 Å². The first-order valence-corrected chi connectivity index (χ1v) is 9.75. The molecule has 0 aromatic carbocycles. The topological polar surface area (TPSA) is 95.4 Å². The molecular formula is C17H19N7OS. The predicted octanol–water partition coefficient (Wildman–Crippen LogP) is 2.05. The lowest BCUT2D eigenvalue weighted by atomic mass is 9.90. The van der Waals surface area contributed by atoms with Gasteiger partial charge in [0.25, 0.3) is 0 Å². The van der Waals surface area contributed by atoms with Gasteiger partial charge in [0.05, 0.1) is 12.1 Å². The molecule has 2 N–H and O–H groups in total. The van der Waals surface area contributed by atoms with Crippen LogP contribution in [-0.4, -0.2) is 39.2 Å². The fourth-order valence-corrected chi connectivity index (χ4v) is 4.94. The lowest BCUT2D eigenvalue weighted by Gasteiger charge is -2.41. The van der Waals surface area contributed by atoms with Gasteiger partial charge in [-0.05, 0) is 19.3 Å². The standard InChI is InChI=1S/C17H19N7OS/c1-2-17-4-3-6-24(17)14-11(21-16(17)25)9-19-13(22-14)10-8-20-23-12(10)15-18-5-7-26-15/h5,7-10,12,23H,2-4,6H2,1H3,(H,21,25)/t10?,12?,17-/m0/s1. The van der Waals surface area contributed by atoms with Crippen molar-refractivity contribution in [2.75, 3.05) is 16.8 Å². The molecule has 1 saturated heterocycles. The Balaban J connectivity index is 1.55. The molecule has 3 atom stereocenters. The molecular weight excluding hydrogens is 350 g/mol. The highest BCUT2D eigenvalue weighted by Crippen LogP contribution is 2.44. The van der Waals surface area contributed by atoms with E-state index < -0.39 is 5.54 Å². The predicted molar refractivity (Wildman–Crippen MR) is 99.5 cm³/mol. The van der Waals surface area contributed by atoms with E-state index in [2.05, 4.69) is 37.6 Å². The summed E-state index contributed by atoms with van der Waals surface area (Å²) in [5.41, 5.74) is 3.33. The number of thiazole rings is 1. The Bertz CT molecular complexity index is 883. The molecule has 5 rings (SSSR count). The maximum atomic E-state index is 12.7. The molecule has 5 heterocycles. The number of fused-ring (bicyclic) bond motifs is 3. The first-order chi connectivity index (χ1) is 12.7. The summed E-state index contributed by atoms with van der Waals surface area (Å²) in [7, 11) is 0. The van der Waals surface area contributed by atoms with Crippen molar-refractivity contribution in [2.45, 2.75) is 43.7 Å². The molecule has 1 fully saturated rings. The van der Waals surface area contributed by atoms with Crippen LogP contribution in [0, 0.1) is 0 Å². The van der Waals surface area contributed by atoms with Crippen LogP contribution in [0.5, 0.6) is 0 Å². The Morgan fingerprint density at radius 3 is 3.15 bits per heavy atom. The third-order valence-corrected chi connectivity index (χ3v) is 6.47. The van der Waals surface area contributed by atoms with Crippen LogP contribution in [-0.2, 0) is 4.79 Å². The van der Waals surface area contributed by atoms with E-state index in [1.165, 1.54) is 0 Å². The number of amides is 1. The highest BCUT2D eigenvalue weighted by molar-refractivity contribution is 7.09. The second-order valence-electron chi connectivity index (χ2n) is 6.84. The lowest BCUT2D eigenvalue weighted by molar-refractivity contribution is -0.121. The van der Waals surface area contributed by atoms with Gasteiger partial charge in [0.2, 0.25) is 5.91 Å². The molecule has 1 amide bonds. The van der Waals surface area contributed by atoms with Crippen LogP contribution in [0.4, 0.5) is 11.5 Å². The van der Waals surface area contributed by atoms with Gasteiger partial charge in [0.1, 0.15) is 28.1 Å². The van der Waals surface area contributed by atoms with Gasteiger partial charge in [-0.15, -0.1) is 11.3 Å². The van der Waals surface area contributed by atoms with E-state index in [0.717, 1.165) is 36.6 Å². The fraction of sp³-hybridized carbons (Fsp3) is 0.471. The second kappa shape index (κ2) is 5.73. The number of hydrazone groups is 1. The summed E-state index contributed by atoms with van der Waals surface area (Å²) in [5.74, 6) is 1.51. The summed E-state index contributed by atoms with van der Waals surface area (Å²) in [6.45, 7) is 2.91. The third-order valence-electron chi connectivity index (χ3n) is 5.61. The van der Waals surface area contributed by atoms with Crippen molar-refractivity contribution in [1.29, 1.82) is 0 Å². The van der Waals surface area contributed by atoms with Crippen LogP contribution in [0.3, 0.4) is 0 Å². The molecule has 26 heavy (non-hydrogen) atoms. The summed E-state index contributed by atoms with van der Waals surface area (Å²) in [6.07, 6.45) is 7.98. The highest BCUT2D eigenvalue weighted by Gasteiger charge is 2.50. The van der Waals surface area contributed by atoms with Gasteiger partial charge in [-0.3, -0.25) is 10.2 Å². The van der Waals surface area contributed by atoms with E-state index in [0.29, 0.717) is 11.5 Å². The van der Waals surface area contributed by atoms with Crippen LogP contribution in [0.1, 0.15) is 49.0 Å². The van der Waals surface area contributed by atoms with E-state index in [1.54, 1.807) is 23.7 Å². The van der Waals surface area contributed by atoms with Gasteiger partial charge in [-0.2, -0.15) is 5.10 Å². The molecule has 2 aromatic heterocycles. The number of aromatic nitrogens is 3. The molecule has 8 nitrogen and oxygen atoms in total. The number of anilines is 2. The highest BCUT2D eigenvalue weighted by atomic mass is 32.1. The van der Waals surface area contributed by atoms with E-state index >= 15 is 0 Å². The molecule has 2 unspecified atom stereocenters. The molecule has 3 aliphatic heterocycles. The van der Waals surface area contributed by atoms with Crippen molar-refractivity contribution in [3.63, 3.8) is 0 Å². The van der Waals surface area contributed by atoms with Crippen LogP contribution in [0.25, 0.3) is 0 Å². The first-order valence-electron chi connectivity index (χ1n) is 8.87. The lowest BCUT2D eigenvalue weighted by Crippen LogP contribution is -2.56. The van der Waals surface area contributed by atoms with Crippen LogP contribution in [0.2, 0.25) is 0 Å². The smallest absolute Gasteiger partial charge is 0.250 e. The monoisotopic (exact) mass is 369 g/mol. The summed E-state index contributed by atoms with van der Waals surface area (Å²) in [4.78, 5) is 28.7. The molecule has 0 aliphatic carbocycles. The second-order valence-corrected chi connectivity index (χ2v) is 7.77. The molecule has 0 radical (unpaired) electrons. The number of rotatable bonds is 3. The Morgan fingerprint density at radius 2 is 2.35 bits per heavy atom. The zero-order valence-corrected chi connectivity index (χ0v) is 15.2. The number of hydrogen-bond acceptors (Lipinski definition) is 8. The van der Waals surface area contributed by atoms with E-state index in [-0.39, 0.29) is 17.9 Å². The quantitative estimate of drug-likeness (QED) is 0.860. The summed E-state index contributed by atoms with van der Waals surface area (Å²) < 4.78 is 0. The molecule has 3 aliphatic rings. The van der Waals surface area contributed by atoms with Crippen molar-refractivity contribution in [3.8, 4) is 0 Å². The van der Waals surface area contributed by atoms with Crippen molar-refractivity contribution >= 4 is 35.0 Å². The number of carbonyl (C=O) groups excluding carboxylic acids is 1. The summed E-state index contributed by atoms with van der Waals surface area (Å²) >= 11 is 1.59. The maximum Gasteiger partial charge on any atom is 0.250 e. The SMILES string of the molecule is CC[C@@]12CCCN1c1nc(C3C=NNC3c3nccs3)ncc1NC2=O. The third kappa shape index (κ3) is 2.09. The van der Waals surface area contributed by atoms with Crippen molar-refractivity contribution in [1.82, 2.24) is 20.4 Å². The minimum Gasteiger partial charge on any atom is -0.340 e. The average Bonchev–Trinajstić information content (AvgIpc) is 3.40. The van der Waals surface area contributed by atoms with Crippen molar-refractivity contribution < 1.29 is 4.79 Å². The average molecular weight is 369 g/mol. The Hall–Kier alpha value is -2.55. The zero-order chi connectivity index (χ0) is 17.7. The molecule has 9 heteroatoms. The molecule has 134 valence electrons. The van der Waals surface area contributed by atoms with E-state index in [9.17, 15) is 4.79 Å². The van der Waals surface area contributed by atoms with Gasteiger partial charge in [-0.25, -0.2) is 15.0 Å². The van der Waals surface area contributed by atoms with Gasteiger partial charge >= 0.3 is 0 Å². The van der Waals surface area contributed by atoms with Crippen LogP contribution >= 0.6 is 11.3 Å². The molecule has 0 spiro atoms. The first kappa shape index (κ1) is 15.7. The number of nitrogens with one attached hydrogen (secondary N) is 2. The zero-order valence-electron chi connectivity index (χ0n) is 14.3. The fourth-order valence-electron chi connectivity index (χ4n) is 4.21. The molecule has 0 saturated carbocycles. The van der Waals surface area contributed by atoms with Gasteiger partial charge in [-0.1, -0.05) is 6.92 Å². The number of carbonyl (C=O) groups is 1. The van der Waals surface area contributed by atoms with Gasteiger partial charge in [0, 0.05) is 24.3 Å². The van der Waals surface area contributed by atoms with Gasteiger partial charge < -0.3 is 10.2 Å². The minimum atomic E-state index is -0.477. The largest absolute Gasteiger partial charge is 0.340 e. The Labute approximate surface area is 154 Å². The number of hydrogen-bond donors (Lipinski definition) is 2. The summed E-state index contributed by atoms with van der Waals surface area (Å²) in [5, 5.41) is 10.2. The molecule has 0 bridgehead atoms. The van der Waals surface area contributed by atoms with Crippen LogP contribution in [0.15, 0.2) is 22.9 Å². The van der Waals surface area contributed by atoms with Crippen LogP contribution < -0.4 is 15.6 Å². The summed E-state index contributed by atoms with van der Waals surface area (Å²) in [6, 6.07) is -0.0549. The van der Waals surface area contributed by atoms with E-state index in [1.807, 2.05) is 11.6 Å².